The summed E-state index contributed by atoms with van der Waals surface area (Å²) in [6.07, 6.45) is 18.6. The molecule has 0 atom stereocenters. The molecule has 2 aromatic heterocycles. The van der Waals surface area contributed by atoms with E-state index in [1.165, 1.54) is 51.4 Å². The summed E-state index contributed by atoms with van der Waals surface area (Å²) >= 11 is 3.47. The number of aromatic amines is 2. The first-order valence-corrected chi connectivity index (χ1v) is 28.8. The van der Waals surface area contributed by atoms with Crippen molar-refractivity contribution in [2.45, 2.75) is 147 Å². The molecule has 0 unspecified atom stereocenters. The maximum Gasteiger partial charge on any atom is 0.407 e. The Labute approximate surface area is 439 Å². The zero-order valence-corrected chi connectivity index (χ0v) is 45.0. The summed E-state index contributed by atoms with van der Waals surface area (Å²) in [4.78, 5) is 43.2. The number of benzene rings is 4. The van der Waals surface area contributed by atoms with E-state index in [1.807, 2.05) is 72.8 Å². The number of carbonyl (C=O) groups is 2. The number of imidazole rings is 2. The van der Waals surface area contributed by atoms with Crippen LogP contribution in [0.3, 0.4) is 0 Å². The lowest BCUT2D eigenvalue weighted by atomic mass is 10.0. The monoisotopic (exact) mass is 1010 g/mol. The van der Waals surface area contributed by atoms with Gasteiger partial charge < -0.3 is 30.0 Å². The molecule has 4 aromatic carbocycles. The zero-order valence-electron chi connectivity index (χ0n) is 43.4. The Morgan fingerprint density at radius 1 is 0.458 bits per heavy atom. The van der Waals surface area contributed by atoms with E-state index in [4.69, 9.17) is 9.97 Å². The Morgan fingerprint density at radius 3 is 1.12 bits per heavy atom. The van der Waals surface area contributed by atoms with Crippen LogP contribution in [-0.2, 0) is 0 Å². The van der Waals surface area contributed by atoms with Gasteiger partial charge in [-0.25, -0.2) is 19.6 Å². The Bertz CT molecular complexity index is 2250. The van der Waals surface area contributed by atoms with Gasteiger partial charge in [0.15, 0.2) is 10.3 Å². The highest BCUT2D eigenvalue weighted by Crippen LogP contribution is 2.34. The molecule has 0 fully saturated rings. The van der Waals surface area contributed by atoms with Crippen molar-refractivity contribution in [2.75, 3.05) is 37.7 Å². The van der Waals surface area contributed by atoms with Crippen LogP contribution in [0.15, 0.2) is 132 Å². The van der Waals surface area contributed by atoms with Gasteiger partial charge in [-0.2, -0.15) is 0 Å². The molecule has 2 heterocycles. The molecule has 12 heteroatoms. The highest BCUT2D eigenvalue weighted by Gasteiger charge is 2.17. The Balaban J connectivity index is 0.000000269. The van der Waals surface area contributed by atoms with Crippen LogP contribution < -0.4 is 0 Å². The standard InChI is InChI=1S/C32H45N3O2S.C28H37N3O2S/c1-26(2)18-10-5-3-4-6-15-23-35(32(36)37)24-16-9-17-25-38-31-33-29(27-19-11-7-12-20-27)30(34-31)28-21-13-8-14-22-28;1-2-3-4-5-13-20-31(28(32)33)21-14-8-15-22-34-27-29-25(23-16-9-6-10-17-23)26(30-27)24-18-11-7-12-19-24/h7-8,11-14,19-22,26H,3-6,9-10,15-18,23-25H2,1-2H3,(H,33,34)(H,36,37);6-7,9-12,16-19H,2-5,8,13-15,20-22H2,1H3,(H,29,30)(H,32,33). The van der Waals surface area contributed by atoms with Gasteiger partial charge in [-0.1, -0.05) is 243 Å². The molecule has 0 aliphatic heterocycles. The Kier molecular flexibility index (Phi) is 27.2. The average Bonchev–Trinajstić information content (AvgIpc) is 4.04. The van der Waals surface area contributed by atoms with E-state index in [2.05, 4.69) is 79.3 Å². The number of aromatic nitrogens is 4. The number of thioether (sulfide) groups is 2. The quantitative estimate of drug-likeness (QED) is 0.0236. The van der Waals surface area contributed by atoms with E-state index in [-0.39, 0.29) is 0 Å². The number of unbranched alkanes of at least 4 members (excludes halogenated alkanes) is 13. The van der Waals surface area contributed by atoms with Crippen LogP contribution in [0.1, 0.15) is 136 Å². The van der Waals surface area contributed by atoms with Gasteiger partial charge >= 0.3 is 12.2 Å². The van der Waals surface area contributed by atoms with Gasteiger partial charge in [-0.3, -0.25) is 0 Å². The largest absolute Gasteiger partial charge is 0.465 e. The summed E-state index contributed by atoms with van der Waals surface area (Å²) in [5, 5.41) is 20.9. The zero-order chi connectivity index (χ0) is 51.0. The van der Waals surface area contributed by atoms with Crippen LogP contribution in [-0.4, -0.2) is 89.8 Å². The summed E-state index contributed by atoms with van der Waals surface area (Å²) in [6, 6.07) is 41.2. The number of carboxylic acid groups (broad SMARTS) is 2. The van der Waals surface area contributed by atoms with Crippen molar-refractivity contribution in [1.82, 2.24) is 29.7 Å². The third-order valence-electron chi connectivity index (χ3n) is 12.7. The van der Waals surface area contributed by atoms with E-state index in [1.54, 1.807) is 33.3 Å². The SMILES string of the molecule is CC(C)CCCCCCCCN(CCCCCSc1nc(-c2ccccc2)c(-c2ccccc2)[nH]1)C(=O)O.CCCCCCCN(CCCCCSc1nc(-c2ccccc2)c(-c2ccccc2)[nH]1)C(=O)O. The second-order valence-electron chi connectivity index (χ2n) is 19.1. The minimum absolute atomic E-state index is 0.630. The van der Waals surface area contributed by atoms with Crippen molar-refractivity contribution in [3.8, 4) is 45.0 Å². The lowest BCUT2D eigenvalue weighted by molar-refractivity contribution is 0.142. The summed E-state index contributed by atoms with van der Waals surface area (Å²) in [5.74, 6) is 2.71. The van der Waals surface area contributed by atoms with E-state index in [9.17, 15) is 19.8 Å². The molecule has 0 saturated heterocycles. The minimum atomic E-state index is -0.790. The fraction of sp³-hybridized carbons (Fsp3) is 0.467. The highest BCUT2D eigenvalue weighted by atomic mass is 32.2. The van der Waals surface area contributed by atoms with Gasteiger partial charge in [0.1, 0.15) is 0 Å². The lowest BCUT2D eigenvalue weighted by Crippen LogP contribution is -2.31. The van der Waals surface area contributed by atoms with Crippen LogP contribution in [0, 0.1) is 5.92 Å². The fourth-order valence-corrected chi connectivity index (χ4v) is 10.4. The van der Waals surface area contributed by atoms with Gasteiger partial charge in [0.2, 0.25) is 0 Å². The molecule has 0 radical (unpaired) electrons. The smallest absolute Gasteiger partial charge is 0.407 e. The number of H-pyrrole nitrogens is 2. The van der Waals surface area contributed by atoms with Gasteiger partial charge in [-0.15, -0.1) is 0 Å². The second-order valence-corrected chi connectivity index (χ2v) is 21.2. The topological polar surface area (TPSA) is 138 Å². The molecular weight excluding hydrogens is 933 g/mol. The number of amides is 2. The molecular formula is C60H82N6O4S2. The van der Waals surface area contributed by atoms with Crippen molar-refractivity contribution in [2.24, 2.45) is 5.92 Å². The third-order valence-corrected chi connectivity index (χ3v) is 14.7. The number of hydrogen-bond acceptors (Lipinski definition) is 6. The first kappa shape index (κ1) is 57.4. The molecule has 0 spiro atoms. The van der Waals surface area contributed by atoms with Crippen molar-refractivity contribution < 1.29 is 19.8 Å². The maximum absolute atomic E-state index is 11.7. The van der Waals surface area contributed by atoms with Gasteiger partial charge in [-0.05, 0) is 44.4 Å². The van der Waals surface area contributed by atoms with Crippen molar-refractivity contribution in [1.29, 1.82) is 0 Å². The number of nitrogens with zero attached hydrogens (tertiary/aromatic N) is 4. The first-order chi connectivity index (χ1) is 35.2. The van der Waals surface area contributed by atoms with Crippen molar-refractivity contribution in [3.05, 3.63) is 121 Å². The van der Waals surface area contributed by atoms with Crippen LogP contribution >= 0.6 is 23.5 Å². The molecule has 4 N–H and O–H groups in total. The van der Waals surface area contributed by atoms with Crippen LogP contribution in [0.2, 0.25) is 0 Å². The fourth-order valence-electron chi connectivity index (χ4n) is 8.65. The van der Waals surface area contributed by atoms with E-state index in [0.717, 1.165) is 137 Å². The van der Waals surface area contributed by atoms with Gasteiger partial charge in [0.05, 0.1) is 22.8 Å². The summed E-state index contributed by atoms with van der Waals surface area (Å²) in [6.45, 7) is 9.33. The van der Waals surface area contributed by atoms with Crippen molar-refractivity contribution in [3.63, 3.8) is 0 Å². The van der Waals surface area contributed by atoms with E-state index < -0.39 is 12.2 Å². The van der Waals surface area contributed by atoms with Crippen LogP contribution in [0.25, 0.3) is 45.0 Å². The number of nitrogens with one attached hydrogen (secondary N) is 2. The summed E-state index contributed by atoms with van der Waals surface area (Å²) < 4.78 is 0. The minimum Gasteiger partial charge on any atom is -0.465 e. The summed E-state index contributed by atoms with van der Waals surface area (Å²) in [7, 11) is 0. The van der Waals surface area contributed by atoms with E-state index in [0.29, 0.717) is 26.2 Å². The first-order valence-electron chi connectivity index (χ1n) is 26.9. The molecule has 6 aromatic rings. The average molecular weight is 1020 g/mol. The maximum atomic E-state index is 11.7. The number of rotatable bonds is 33. The van der Waals surface area contributed by atoms with Gasteiger partial charge in [0.25, 0.3) is 0 Å². The van der Waals surface area contributed by atoms with Crippen LogP contribution in [0.5, 0.6) is 0 Å². The molecule has 388 valence electrons. The van der Waals surface area contributed by atoms with Gasteiger partial charge in [0, 0.05) is 59.9 Å². The second kappa shape index (κ2) is 34.1. The number of hydrogen-bond donors (Lipinski definition) is 4. The van der Waals surface area contributed by atoms with E-state index >= 15 is 0 Å². The molecule has 6 rings (SSSR count). The van der Waals surface area contributed by atoms with Crippen molar-refractivity contribution >= 4 is 35.7 Å². The predicted octanol–water partition coefficient (Wildman–Crippen LogP) is 17.3. The lowest BCUT2D eigenvalue weighted by Gasteiger charge is -2.19. The van der Waals surface area contributed by atoms with Crippen LogP contribution in [0.4, 0.5) is 9.59 Å². The molecule has 10 nitrogen and oxygen atoms in total. The molecule has 0 bridgehead atoms. The normalized spacial score (nSPS) is 11.1. The Hall–Kier alpha value is -5.46. The summed E-state index contributed by atoms with van der Waals surface area (Å²) in [5.41, 5.74) is 8.52. The predicted molar refractivity (Wildman–Crippen MR) is 303 cm³/mol. The Morgan fingerprint density at radius 2 is 0.778 bits per heavy atom. The molecule has 0 saturated carbocycles. The third kappa shape index (κ3) is 21.3. The molecule has 72 heavy (non-hydrogen) atoms. The molecule has 0 aliphatic carbocycles. The molecule has 0 aliphatic rings. The molecule has 2 amide bonds. The highest BCUT2D eigenvalue weighted by molar-refractivity contribution is 7.99.